The second kappa shape index (κ2) is 9.74. The van der Waals surface area contributed by atoms with Crippen LogP contribution in [0.4, 0.5) is 0 Å². The predicted molar refractivity (Wildman–Crippen MR) is 89.8 cm³/mol. The molecule has 126 valence electrons. The van der Waals surface area contributed by atoms with E-state index in [-0.39, 0.29) is 12.1 Å². The molecule has 2 N–H and O–H groups in total. The third kappa shape index (κ3) is 6.61. The van der Waals surface area contributed by atoms with E-state index in [1.54, 1.807) is 0 Å². The van der Waals surface area contributed by atoms with Crippen molar-refractivity contribution in [3.8, 4) is 0 Å². The highest BCUT2D eigenvalue weighted by atomic mass is 16.3. The maximum absolute atomic E-state index is 9.57. The standard InChI is InChI=1S/C16H36N4O/c1-5-16(15-21,17-2)7-6-8-19-11-13-20(14-12-19)10-9-18(3)4/h17,21H,5-15H2,1-4H3. The minimum absolute atomic E-state index is 0.0759. The van der Waals surface area contributed by atoms with E-state index in [4.69, 9.17) is 0 Å². The number of piperazine rings is 1. The quantitative estimate of drug-likeness (QED) is 0.608. The van der Waals surface area contributed by atoms with Gasteiger partial charge in [-0.05, 0) is 47.0 Å². The van der Waals surface area contributed by atoms with Crippen LogP contribution in [0.25, 0.3) is 0 Å². The summed E-state index contributed by atoms with van der Waals surface area (Å²) >= 11 is 0. The summed E-state index contributed by atoms with van der Waals surface area (Å²) in [7, 11) is 6.24. The van der Waals surface area contributed by atoms with Gasteiger partial charge in [0.15, 0.2) is 0 Å². The van der Waals surface area contributed by atoms with Gasteiger partial charge in [0.05, 0.1) is 6.61 Å². The first-order valence-corrected chi connectivity index (χ1v) is 8.44. The molecular formula is C16H36N4O. The molecule has 0 aromatic carbocycles. The van der Waals surface area contributed by atoms with E-state index in [9.17, 15) is 5.11 Å². The zero-order valence-electron chi connectivity index (χ0n) is 14.6. The summed E-state index contributed by atoms with van der Waals surface area (Å²) in [6.45, 7) is 10.6. The van der Waals surface area contributed by atoms with Gasteiger partial charge in [0.2, 0.25) is 0 Å². The highest BCUT2D eigenvalue weighted by Crippen LogP contribution is 2.17. The van der Waals surface area contributed by atoms with E-state index in [1.807, 2.05) is 7.05 Å². The molecular weight excluding hydrogens is 264 g/mol. The Morgan fingerprint density at radius 3 is 2.10 bits per heavy atom. The van der Waals surface area contributed by atoms with Crippen LogP contribution in [0.1, 0.15) is 26.2 Å². The summed E-state index contributed by atoms with van der Waals surface area (Å²) in [4.78, 5) is 7.39. The molecule has 0 spiro atoms. The highest BCUT2D eigenvalue weighted by molar-refractivity contribution is 4.85. The maximum atomic E-state index is 9.57. The molecule has 1 aliphatic rings. The molecule has 0 radical (unpaired) electrons. The number of hydrogen-bond acceptors (Lipinski definition) is 5. The van der Waals surface area contributed by atoms with Gasteiger partial charge in [0, 0.05) is 44.8 Å². The van der Waals surface area contributed by atoms with Gasteiger partial charge in [0.1, 0.15) is 0 Å². The Morgan fingerprint density at radius 1 is 1.10 bits per heavy atom. The highest BCUT2D eigenvalue weighted by Gasteiger charge is 2.25. The molecule has 1 aliphatic heterocycles. The second-order valence-electron chi connectivity index (χ2n) is 6.63. The summed E-state index contributed by atoms with van der Waals surface area (Å²) < 4.78 is 0. The van der Waals surface area contributed by atoms with Crippen molar-refractivity contribution in [3.63, 3.8) is 0 Å². The van der Waals surface area contributed by atoms with Gasteiger partial charge in [-0.2, -0.15) is 0 Å². The summed E-state index contributed by atoms with van der Waals surface area (Å²) in [6, 6.07) is 0. The fourth-order valence-corrected chi connectivity index (χ4v) is 2.97. The van der Waals surface area contributed by atoms with E-state index >= 15 is 0 Å². The molecule has 0 aromatic rings. The van der Waals surface area contributed by atoms with Crippen molar-refractivity contribution in [1.82, 2.24) is 20.0 Å². The van der Waals surface area contributed by atoms with Crippen molar-refractivity contribution in [3.05, 3.63) is 0 Å². The first kappa shape index (κ1) is 18.8. The maximum Gasteiger partial charge on any atom is 0.0613 e. The molecule has 0 amide bonds. The topological polar surface area (TPSA) is 42.0 Å². The van der Waals surface area contributed by atoms with Gasteiger partial charge in [-0.3, -0.25) is 4.90 Å². The number of nitrogens with one attached hydrogen (secondary N) is 1. The molecule has 1 atom stereocenters. The molecule has 0 aliphatic carbocycles. The van der Waals surface area contributed by atoms with Crippen LogP contribution in [0.5, 0.6) is 0 Å². The zero-order valence-corrected chi connectivity index (χ0v) is 14.6. The van der Waals surface area contributed by atoms with Crippen molar-refractivity contribution in [1.29, 1.82) is 0 Å². The minimum Gasteiger partial charge on any atom is -0.394 e. The lowest BCUT2D eigenvalue weighted by molar-refractivity contribution is 0.113. The lowest BCUT2D eigenvalue weighted by Gasteiger charge is -2.36. The van der Waals surface area contributed by atoms with Crippen LogP contribution in [0.15, 0.2) is 0 Å². The van der Waals surface area contributed by atoms with Crippen LogP contribution in [-0.4, -0.2) is 98.9 Å². The van der Waals surface area contributed by atoms with Gasteiger partial charge >= 0.3 is 0 Å². The Morgan fingerprint density at radius 2 is 1.67 bits per heavy atom. The Hall–Kier alpha value is -0.200. The average Bonchev–Trinajstić information content (AvgIpc) is 2.51. The molecule has 1 saturated heterocycles. The molecule has 0 saturated carbocycles. The number of rotatable bonds is 10. The van der Waals surface area contributed by atoms with Gasteiger partial charge < -0.3 is 20.2 Å². The number of nitrogens with zero attached hydrogens (tertiary/aromatic N) is 3. The van der Waals surface area contributed by atoms with Crippen LogP contribution < -0.4 is 5.32 Å². The van der Waals surface area contributed by atoms with Gasteiger partial charge in [-0.1, -0.05) is 6.92 Å². The molecule has 1 fully saturated rings. The van der Waals surface area contributed by atoms with E-state index in [1.165, 1.54) is 32.7 Å². The summed E-state index contributed by atoms with van der Waals surface area (Å²) in [5.41, 5.74) is -0.0759. The van der Waals surface area contributed by atoms with Crippen LogP contribution in [0.2, 0.25) is 0 Å². The largest absolute Gasteiger partial charge is 0.394 e. The van der Waals surface area contributed by atoms with Crippen LogP contribution >= 0.6 is 0 Å². The van der Waals surface area contributed by atoms with E-state index in [0.717, 1.165) is 32.4 Å². The van der Waals surface area contributed by atoms with Crippen molar-refractivity contribution in [2.45, 2.75) is 31.7 Å². The third-order valence-corrected chi connectivity index (χ3v) is 4.97. The van der Waals surface area contributed by atoms with Gasteiger partial charge in [-0.15, -0.1) is 0 Å². The molecule has 0 aromatic heterocycles. The molecule has 21 heavy (non-hydrogen) atoms. The summed E-state index contributed by atoms with van der Waals surface area (Å²) in [6.07, 6.45) is 3.20. The van der Waals surface area contributed by atoms with Crippen molar-refractivity contribution in [2.24, 2.45) is 0 Å². The van der Waals surface area contributed by atoms with Gasteiger partial charge in [0.25, 0.3) is 0 Å². The van der Waals surface area contributed by atoms with Gasteiger partial charge in [-0.25, -0.2) is 0 Å². The summed E-state index contributed by atoms with van der Waals surface area (Å²) in [5.74, 6) is 0. The molecule has 0 bridgehead atoms. The number of likely N-dealkylation sites (N-methyl/N-ethyl adjacent to an activating group) is 2. The Kier molecular flexibility index (Phi) is 8.74. The second-order valence-corrected chi connectivity index (χ2v) is 6.63. The summed E-state index contributed by atoms with van der Waals surface area (Å²) in [5, 5.41) is 12.9. The van der Waals surface area contributed by atoms with Crippen LogP contribution in [-0.2, 0) is 0 Å². The first-order valence-electron chi connectivity index (χ1n) is 8.44. The van der Waals surface area contributed by atoms with Crippen molar-refractivity contribution < 1.29 is 5.11 Å². The number of hydrogen-bond donors (Lipinski definition) is 2. The Bertz CT molecular complexity index is 253. The monoisotopic (exact) mass is 300 g/mol. The van der Waals surface area contributed by atoms with Crippen molar-refractivity contribution in [2.75, 3.05) is 73.6 Å². The number of aliphatic hydroxyl groups excluding tert-OH is 1. The van der Waals surface area contributed by atoms with Crippen LogP contribution in [0.3, 0.4) is 0 Å². The lowest BCUT2D eigenvalue weighted by Crippen LogP contribution is -2.49. The average molecular weight is 300 g/mol. The fourth-order valence-electron chi connectivity index (χ4n) is 2.97. The minimum atomic E-state index is -0.0759. The lowest BCUT2D eigenvalue weighted by atomic mass is 9.91. The molecule has 5 heteroatoms. The normalized spacial score (nSPS) is 20.9. The third-order valence-electron chi connectivity index (χ3n) is 4.97. The van der Waals surface area contributed by atoms with E-state index in [2.05, 4.69) is 41.0 Å². The zero-order chi connectivity index (χ0) is 15.7. The Labute approximate surface area is 131 Å². The molecule has 1 heterocycles. The first-order chi connectivity index (χ1) is 10.0. The van der Waals surface area contributed by atoms with E-state index < -0.39 is 0 Å². The van der Waals surface area contributed by atoms with Crippen molar-refractivity contribution >= 4 is 0 Å². The van der Waals surface area contributed by atoms with E-state index in [0.29, 0.717) is 0 Å². The van der Waals surface area contributed by atoms with Crippen LogP contribution in [0, 0.1) is 0 Å². The predicted octanol–water partition coefficient (Wildman–Crippen LogP) is 0.306. The molecule has 5 nitrogen and oxygen atoms in total. The SMILES string of the molecule is CCC(CO)(CCCN1CCN(CCN(C)C)CC1)NC. The Balaban J connectivity index is 2.18. The fraction of sp³-hybridized carbons (Fsp3) is 1.00. The number of aliphatic hydroxyl groups is 1. The smallest absolute Gasteiger partial charge is 0.0613 e. The molecule has 1 rings (SSSR count). The molecule has 1 unspecified atom stereocenters.